The largest absolute Gasteiger partial charge is 0.491 e. The SMILES string of the molecule is C=CCc1ccccc1OCC(O)CNC(C)C.CC[C@H]1[C@@H]2C[C@H]3[C@@H]4N(C)c5ccccc5[C@]45C[C@@H](C2[C@H]5O)N3[C@@H]1O.Cc1cc(N(C)C)ccc1C[C@H](C)N. The molecule has 6 aliphatic rings. The van der Waals surface area contributed by atoms with Crippen molar-refractivity contribution < 1.29 is 20.1 Å². The van der Waals surface area contributed by atoms with Crippen LogP contribution < -0.4 is 25.6 Å². The molecule has 5 fully saturated rings. The summed E-state index contributed by atoms with van der Waals surface area (Å²) in [4.78, 5) is 6.94. The standard InChI is InChI=1S/C20H26N2O2.C15H23NO2.C12H20N2/c1-3-10-11-8-14-17-20(12-6-4-5-7-13(12)21(17)2)9-15(16(11)18(20)23)22(14)19(10)24;1-4-7-13-8-5-6-9-15(13)18-11-14(17)10-16-12(2)3;1-9-7-12(14(3)4)6-5-11(9)8-10(2)13/h4-7,10-11,14-19,23-24H,3,8-9H2,1-2H3;4-6,8-9,12,14,16-17H,1,7,10-11H2,2-3H3;5-7,10H,8,13H2,1-4H3/t10-,11-,14-,15-,16?,17-,18+,19+,20+;;10-/m0.0/s1. The van der Waals surface area contributed by atoms with E-state index < -0.39 is 6.10 Å². The monoisotopic (exact) mass is 768 g/mol. The van der Waals surface area contributed by atoms with E-state index in [0.29, 0.717) is 55.1 Å². The van der Waals surface area contributed by atoms with Crippen molar-refractivity contribution in [1.82, 2.24) is 10.2 Å². The molecule has 5 heterocycles. The summed E-state index contributed by atoms with van der Waals surface area (Å²) in [6.45, 7) is 15.0. The Morgan fingerprint density at radius 1 is 1.04 bits per heavy atom. The molecule has 5 aliphatic heterocycles. The highest BCUT2D eigenvalue weighted by Gasteiger charge is 2.76. The van der Waals surface area contributed by atoms with Gasteiger partial charge in [-0.3, -0.25) is 4.90 Å². The molecule has 3 aromatic rings. The molecular formula is C47H69N5O4. The van der Waals surface area contributed by atoms with Crippen LogP contribution in [-0.2, 0) is 18.3 Å². The number of aryl methyl sites for hydroxylation is 1. The Balaban J connectivity index is 0.000000149. The first-order valence-corrected chi connectivity index (χ1v) is 21.0. The highest BCUT2D eigenvalue weighted by molar-refractivity contribution is 5.67. The van der Waals surface area contributed by atoms with Gasteiger partial charge in [0, 0.05) is 80.5 Å². The quantitative estimate of drug-likeness (QED) is 0.149. The Bertz CT molecular complexity index is 1780. The molecule has 9 nitrogen and oxygen atoms in total. The van der Waals surface area contributed by atoms with Crippen LogP contribution in [0.4, 0.5) is 11.4 Å². The van der Waals surface area contributed by atoms with Crippen molar-refractivity contribution in [2.45, 2.75) is 121 Å². The Hall–Kier alpha value is -3.44. The molecule has 9 rings (SSSR count). The molecule has 306 valence electrons. The van der Waals surface area contributed by atoms with Gasteiger partial charge in [-0.25, -0.2) is 0 Å². The zero-order valence-corrected chi connectivity index (χ0v) is 35.1. The second kappa shape index (κ2) is 17.6. The minimum absolute atomic E-state index is 0.126. The predicted octanol–water partition coefficient (Wildman–Crippen LogP) is 5.66. The lowest BCUT2D eigenvalue weighted by atomic mass is 9.62. The highest BCUT2D eigenvalue weighted by Crippen LogP contribution is 2.68. The second-order valence-electron chi connectivity index (χ2n) is 17.6. The number of nitrogens with one attached hydrogen (secondary N) is 1. The molecule has 0 aromatic heterocycles. The molecule has 0 amide bonds. The van der Waals surface area contributed by atoms with Gasteiger partial charge in [0.1, 0.15) is 24.7 Å². The Morgan fingerprint density at radius 3 is 2.41 bits per heavy atom. The van der Waals surface area contributed by atoms with E-state index in [2.05, 4.69) is 104 Å². The van der Waals surface area contributed by atoms with Gasteiger partial charge in [0.25, 0.3) is 0 Å². The fourth-order valence-corrected chi connectivity index (χ4v) is 11.0. The number of para-hydroxylation sites is 2. The molecule has 3 aromatic carbocycles. The smallest absolute Gasteiger partial charge is 0.122 e. The number of rotatable bonds is 12. The van der Waals surface area contributed by atoms with Gasteiger partial charge >= 0.3 is 0 Å². The van der Waals surface area contributed by atoms with E-state index in [1.807, 2.05) is 51.1 Å². The number of hydrogen-bond donors (Lipinski definition) is 5. The van der Waals surface area contributed by atoms with E-state index >= 15 is 0 Å². The molecule has 56 heavy (non-hydrogen) atoms. The third kappa shape index (κ3) is 7.88. The minimum atomic E-state index is -0.496. The summed E-state index contributed by atoms with van der Waals surface area (Å²) in [5, 5.41) is 35.6. The average Bonchev–Trinajstić information content (AvgIpc) is 3.56. The van der Waals surface area contributed by atoms with E-state index in [0.717, 1.165) is 43.4 Å². The first-order valence-electron chi connectivity index (χ1n) is 21.0. The lowest BCUT2D eigenvalue weighted by Crippen LogP contribution is -2.72. The van der Waals surface area contributed by atoms with Crippen LogP contribution in [0.25, 0.3) is 0 Å². The van der Waals surface area contributed by atoms with Gasteiger partial charge in [0.2, 0.25) is 0 Å². The molecular weight excluding hydrogens is 699 g/mol. The van der Waals surface area contributed by atoms with Crippen molar-refractivity contribution in [3.8, 4) is 5.75 Å². The van der Waals surface area contributed by atoms with Gasteiger partial charge in [-0.1, -0.05) is 69.3 Å². The summed E-state index contributed by atoms with van der Waals surface area (Å²) in [5.41, 5.74) is 13.3. The number of aliphatic hydroxyl groups excluding tert-OH is 3. The van der Waals surface area contributed by atoms with Crippen LogP contribution in [-0.4, -0.2) is 103 Å². The number of nitrogens with zero attached hydrogens (tertiary/aromatic N) is 3. The molecule has 4 saturated heterocycles. The number of benzene rings is 3. The highest BCUT2D eigenvalue weighted by atomic mass is 16.5. The van der Waals surface area contributed by atoms with Gasteiger partial charge in [-0.15, -0.1) is 6.58 Å². The topological polar surface area (TPSA) is 118 Å². The summed E-state index contributed by atoms with van der Waals surface area (Å²) in [6, 6.07) is 24.7. The molecule has 1 aliphatic carbocycles. The number of allylic oxidation sites excluding steroid dienone is 1. The van der Waals surface area contributed by atoms with E-state index in [9.17, 15) is 15.3 Å². The number of likely N-dealkylation sites (N-methyl/N-ethyl adjacent to an activating group) is 1. The van der Waals surface area contributed by atoms with Crippen LogP contribution in [0.2, 0.25) is 0 Å². The summed E-state index contributed by atoms with van der Waals surface area (Å²) in [7, 11) is 6.30. The maximum atomic E-state index is 11.6. The van der Waals surface area contributed by atoms with Crippen molar-refractivity contribution >= 4 is 11.4 Å². The van der Waals surface area contributed by atoms with Gasteiger partial charge < -0.3 is 40.9 Å². The average molecular weight is 768 g/mol. The lowest BCUT2D eigenvalue weighted by Gasteiger charge is -2.62. The Morgan fingerprint density at radius 2 is 1.75 bits per heavy atom. The van der Waals surface area contributed by atoms with Crippen LogP contribution in [0.1, 0.15) is 69.2 Å². The number of nitrogens with two attached hydrogens (primary N) is 1. The summed E-state index contributed by atoms with van der Waals surface area (Å²) in [6.07, 6.45) is 5.64. The van der Waals surface area contributed by atoms with Gasteiger partial charge in [-0.2, -0.15) is 0 Å². The molecule has 1 spiro atoms. The third-order valence-corrected chi connectivity index (χ3v) is 13.4. The second-order valence-corrected chi connectivity index (χ2v) is 17.6. The van der Waals surface area contributed by atoms with E-state index in [1.165, 1.54) is 28.1 Å². The van der Waals surface area contributed by atoms with E-state index in [1.54, 1.807) is 0 Å². The number of anilines is 2. The number of hydrogen-bond acceptors (Lipinski definition) is 9. The molecule has 0 radical (unpaired) electrons. The number of aliphatic hydroxyl groups is 3. The number of fused-ring (bicyclic) bond motifs is 2. The van der Waals surface area contributed by atoms with Crippen molar-refractivity contribution in [3.63, 3.8) is 0 Å². The Labute approximate surface area is 336 Å². The van der Waals surface area contributed by atoms with E-state index in [-0.39, 0.29) is 23.8 Å². The van der Waals surface area contributed by atoms with Crippen molar-refractivity contribution in [2.75, 3.05) is 44.1 Å². The van der Waals surface area contributed by atoms with E-state index in [4.69, 9.17) is 10.5 Å². The first kappa shape index (κ1) is 42.2. The first-order chi connectivity index (χ1) is 26.7. The molecule has 6 N–H and O–H groups in total. The maximum absolute atomic E-state index is 11.6. The maximum Gasteiger partial charge on any atom is 0.122 e. The summed E-state index contributed by atoms with van der Waals surface area (Å²) < 4.78 is 5.65. The van der Waals surface area contributed by atoms with Crippen LogP contribution >= 0.6 is 0 Å². The van der Waals surface area contributed by atoms with Crippen molar-refractivity contribution in [2.24, 2.45) is 23.5 Å². The van der Waals surface area contributed by atoms with Crippen LogP contribution in [0.3, 0.4) is 0 Å². The number of piperidine rings is 4. The zero-order valence-electron chi connectivity index (χ0n) is 35.1. The summed E-state index contributed by atoms with van der Waals surface area (Å²) >= 11 is 0. The van der Waals surface area contributed by atoms with Gasteiger partial charge in [0.05, 0.1) is 12.1 Å². The van der Waals surface area contributed by atoms with Crippen LogP contribution in [0.5, 0.6) is 5.75 Å². The van der Waals surface area contributed by atoms with Crippen molar-refractivity contribution in [1.29, 1.82) is 0 Å². The van der Waals surface area contributed by atoms with Crippen LogP contribution in [0.15, 0.2) is 79.4 Å². The normalized spacial score (nSPS) is 31.1. The fourth-order valence-electron chi connectivity index (χ4n) is 11.0. The fraction of sp³-hybridized carbons (Fsp3) is 0.574. The zero-order chi connectivity index (χ0) is 40.5. The molecule has 3 unspecified atom stereocenters. The molecule has 9 heteroatoms. The molecule has 12 atom stereocenters. The van der Waals surface area contributed by atoms with Gasteiger partial charge in [0.15, 0.2) is 0 Å². The third-order valence-electron chi connectivity index (χ3n) is 13.4. The lowest BCUT2D eigenvalue weighted by molar-refractivity contribution is -0.211. The molecule has 1 saturated carbocycles. The number of ether oxygens (including phenoxy) is 1. The minimum Gasteiger partial charge on any atom is -0.491 e. The van der Waals surface area contributed by atoms with Crippen LogP contribution in [0, 0.1) is 24.7 Å². The van der Waals surface area contributed by atoms with Gasteiger partial charge in [-0.05, 0) is 98.4 Å². The molecule has 5 bridgehead atoms. The predicted molar refractivity (Wildman–Crippen MR) is 230 cm³/mol. The van der Waals surface area contributed by atoms with Crippen molar-refractivity contribution in [3.05, 3.63) is 102 Å². The Kier molecular flexibility index (Phi) is 13.2. The summed E-state index contributed by atoms with van der Waals surface area (Å²) in [5.74, 6) is 1.96.